The van der Waals surface area contributed by atoms with Crippen LogP contribution in [0.4, 0.5) is 18.9 Å². The molecule has 4 heterocycles. The highest BCUT2D eigenvalue weighted by atomic mass is 19.4. The number of aromatic nitrogens is 5. The number of alkyl halides is 3. The van der Waals surface area contributed by atoms with Gasteiger partial charge in [-0.2, -0.15) is 23.4 Å². The maximum Gasteiger partial charge on any atom is 0.408 e. The molecule has 0 aromatic carbocycles. The molecule has 176 valence electrons. The fourth-order valence-electron chi connectivity index (χ4n) is 4.16. The lowest BCUT2D eigenvalue weighted by molar-refractivity contribution is -0.141. The molecule has 0 bridgehead atoms. The summed E-state index contributed by atoms with van der Waals surface area (Å²) in [5, 5.41) is 21.0. The lowest BCUT2D eigenvalue weighted by Gasteiger charge is -2.38. The molecule has 0 saturated carbocycles. The second-order valence-corrected chi connectivity index (χ2v) is 7.86. The van der Waals surface area contributed by atoms with Gasteiger partial charge in [0.1, 0.15) is 29.0 Å². The normalized spacial score (nSPS) is 20.3. The molecule has 3 aromatic rings. The zero-order chi connectivity index (χ0) is 23.8. The number of nitrogens with zero attached hydrogens (tertiary/aromatic N) is 7. The Bertz CT molecular complexity index is 1180. The molecule has 1 aliphatic rings. The number of halogens is 3. The second kappa shape index (κ2) is 8.81. The van der Waals surface area contributed by atoms with Crippen LogP contribution >= 0.6 is 0 Å². The molecular formula is C20H24F3N9O. The Balaban J connectivity index is 2.03. The number of piperidine rings is 1. The number of anilines is 1. The van der Waals surface area contributed by atoms with Crippen molar-refractivity contribution in [1.82, 2.24) is 25.0 Å². The molecule has 1 aliphatic heterocycles. The Morgan fingerprint density at radius 1 is 1.42 bits per heavy atom. The van der Waals surface area contributed by atoms with Crippen molar-refractivity contribution in [2.24, 2.45) is 15.7 Å². The second-order valence-electron chi connectivity index (χ2n) is 7.86. The highest BCUT2D eigenvalue weighted by molar-refractivity contribution is 6.06. The van der Waals surface area contributed by atoms with Crippen molar-refractivity contribution in [1.29, 1.82) is 0 Å². The third-order valence-electron chi connectivity index (χ3n) is 5.56. The summed E-state index contributed by atoms with van der Waals surface area (Å²) in [7, 11) is 1.52. The first kappa shape index (κ1) is 22.7. The van der Waals surface area contributed by atoms with Gasteiger partial charge in [-0.3, -0.25) is 14.8 Å². The zero-order valence-electron chi connectivity index (χ0n) is 18.1. The molecule has 0 spiro atoms. The number of nitrogens with one attached hydrogen (secondary N) is 1. The number of hydrogen-bond acceptors (Lipinski definition) is 6. The van der Waals surface area contributed by atoms with E-state index in [1.54, 1.807) is 12.1 Å². The van der Waals surface area contributed by atoms with Gasteiger partial charge >= 0.3 is 6.18 Å². The Morgan fingerprint density at radius 3 is 2.82 bits per heavy atom. The van der Waals surface area contributed by atoms with Crippen LogP contribution in [0.15, 0.2) is 28.3 Å². The molecule has 0 amide bonds. The highest BCUT2D eigenvalue weighted by Crippen LogP contribution is 2.37. The molecule has 13 heteroatoms. The van der Waals surface area contributed by atoms with Crippen molar-refractivity contribution < 1.29 is 18.3 Å². The van der Waals surface area contributed by atoms with Crippen molar-refractivity contribution in [2.45, 2.75) is 44.6 Å². The molecular weight excluding hydrogens is 439 g/mol. The van der Waals surface area contributed by atoms with Gasteiger partial charge in [0.25, 0.3) is 0 Å². The monoisotopic (exact) mass is 463 g/mol. The number of H-pyrrole nitrogens is 1. The Kier molecular flexibility index (Phi) is 6.06. The third-order valence-corrected chi connectivity index (χ3v) is 5.56. The average molecular weight is 463 g/mol. The third kappa shape index (κ3) is 4.53. The predicted octanol–water partition coefficient (Wildman–Crippen LogP) is 2.10. The van der Waals surface area contributed by atoms with E-state index in [1.807, 2.05) is 11.8 Å². The molecule has 2 atom stereocenters. The van der Waals surface area contributed by atoms with Crippen LogP contribution < -0.4 is 10.6 Å². The summed E-state index contributed by atoms with van der Waals surface area (Å²) in [5.74, 6) is 0.226. The first-order valence-corrected chi connectivity index (χ1v) is 10.4. The number of amidine groups is 1. The maximum atomic E-state index is 13.5. The molecule has 4 N–H and O–H groups in total. The standard InChI is InChI=1S/C20H24F3N9O/c1-11-7-12(33)4-6-31(11)15-8-14(19(25-2)26-10-24)28-17-16(13-3-5-27-29-13)30-32(18(15)17)9-20(21,22)23/h3,5,8,10-12,33H,4,6-7,9H2,1-2H3,(H,27,29)(H2,24,25,26)/t11-,12-/m1/s1. The number of nitrogens with two attached hydrogens (primary N) is 1. The summed E-state index contributed by atoms with van der Waals surface area (Å²) < 4.78 is 41.4. The fourth-order valence-corrected chi connectivity index (χ4v) is 4.16. The van der Waals surface area contributed by atoms with Crippen LogP contribution in [-0.2, 0) is 6.54 Å². The lowest BCUT2D eigenvalue weighted by Crippen LogP contribution is -2.43. The molecule has 4 rings (SSSR count). The number of aliphatic hydroxyl groups excluding tert-OH is 1. The Hall–Kier alpha value is -3.48. The van der Waals surface area contributed by atoms with Gasteiger partial charge in [0.2, 0.25) is 0 Å². The SMILES string of the molecule is CN=C(N=CN)c1cc(N2CC[C@@H](O)C[C@H]2C)c2c(n1)c(-c1ccn[nH]1)nn2CC(F)(F)F. The van der Waals surface area contributed by atoms with Crippen LogP contribution in [0.2, 0.25) is 0 Å². The first-order valence-electron chi connectivity index (χ1n) is 10.4. The number of rotatable bonds is 4. The van der Waals surface area contributed by atoms with Gasteiger partial charge in [-0.25, -0.2) is 9.98 Å². The molecule has 10 nitrogen and oxygen atoms in total. The Morgan fingerprint density at radius 2 is 2.21 bits per heavy atom. The smallest absolute Gasteiger partial charge is 0.393 e. The summed E-state index contributed by atoms with van der Waals surface area (Å²) in [6.07, 6.45) is -1.43. The van der Waals surface area contributed by atoms with Crippen molar-refractivity contribution in [3.63, 3.8) is 0 Å². The molecule has 1 fully saturated rings. The minimum atomic E-state index is -4.50. The highest BCUT2D eigenvalue weighted by Gasteiger charge is 2.34. The molecule has 1 saturated heterocycles. The van der Waals surface area contributed by atoms with Gasteiger partial charge < -0.3 is 15.7 Å². The number of fused-ring (bicyclic) bond motifs is 1. The summed E-state index contributed by atoms with van der Waals surface area (Å²) >= 11 is 0. The number of aromatic amines is 1. The van der Waals surface area contributed by atoms with Crippen molar-refractivity contribution in [3.8, 4) is 11.4 Å². The summed E-state index contributed by atoms with van der Waals surface area (Å²) in [6.45, 7) is 1.09. The van der Waals surface area contributed by atoms with Gasteiger partial charge in [-0.1, -0.05) is 0 Å². The van der Waals surface area contributed by atoms with Gasteiger partial charge in [0.15, 0.2) is 5.84 Å². The number of aliphatic imine (C=N–C) groups is 2. The van der Waals surface area contributed by atoms with E-state index in [9.17, 15) is 18.3 Å². The minimum absolute atomic E-state index is 0.128. The van der Waals surface area contributed by atoms with Gasteiger partial charge in [0, 0.05) is 25.8 Å². The van der Waals surface area contributed by atoms with E-state index < -0.39 is 18.8 Å². The van der Waals surface area contributed by atoms with E-state index in [1.165, 1.54) is 13.2 Å². The first-order chi connectivity index (χ1) is 15.7. The number of pyridine rings is 1. The lowest BCUT2D eigenvalue weighted by atomic mass is 9.99. The van der Waals surface area contributed by atoms with E-state index in [2.05, 4.69) is 30.3 Å². The van der Waals surface area contributed by atoms with E-state index in [-0.39, 0.29) is 28.6 Å². The fraction of sp³-hybridized carbons (Fsp3) is 0.450. The van der Waals surface area contributed by atoms with E-state index in [0.29, 0.717) is 36.5 Å². The largest absolute Gasteiger partial charge is 0.408 e. The van der Waals surface area contributed by atoms with Crippen LogP contribution in [0.25, 0.3) is 22.4 Å². The summed E-state index contributed by atoms with van der Waals surface area (Å²) in [5.41, 5.74) is 7.45. The van der Waals surface area contributed by atoms with Crippen molar-refractivity contribution in [2.75, 3.05) is 18.5 Å². The van der Waals surface area contributed by atoms with Gasteiger partial charge in [0.05, 0.1) is 23.8 Å². The topological polar surface area (TPSA) is 134 Å². The molecule has 0 unspecified atom stereocenters. The van der Waals surface area contributed by atoms with E-state index in [4.69, 9.17) is 5.73 Å². The average Bonchev–Trinajstić information content (AvgIpc) is 3.39. The molecule has 3 aromatic heterocycles. The van der Waals surface area contributed by atoms with E-state index in [0.717, 1.165) is 11.0 Å². The summed E-state index contributed by atoms with van der Waals surface area (Å²) in [4.78, 5) is 14.7. The predicted molar refractivity (Wildman–Crippen MR) is 118 cm³/mol. The van der Waals surface area contributed by atoms with Crippen LogP contribution in [0, 0.1) is 0 Å². The molecule has 0 radical (unpaired) electrons. The quantitative estimate of drug-likeness (QED) is 0.401. The van der Waals surface area contributed by atoms with Crippen molar-refractivity contribution in [3.05, 3.63) is 24.0 Å². The van der Waals surface area contributed by atoms with Gasteiger partial charge in [-0.05, 0) is 31.9 Å². The van der Waals surface area contributed by atoms with E-state index >= 15 is 0 Å². The summed E-state index contributed by atoms with van der Waals surface area (Å²) in [6, 6.07) is 3.13. The van der Waals surface area contributed by atoms with Crippen LogP contribution in [0.3, 0.4) is 0 Å². The van der Waals surface area contributed by atoms with Gasteiger partial charge in [-0.15, -0.1) is 0 Å². The molecule has 0 aliphatic carbocycles. The number of aliphatic hydroxyl groups is 1. The number of hydrogen-bond donors (Lipinski definition) is 3. The minimum Gasteiger partial charge on any atom is -0.393 e. The van der Waals surface area contributed by atoms with Crippen molar-refractivity contribution >= 4 is 28.9 Å². The Labute approximate surface area is 187 Å². The van der Waals surface area contributed by atoms with Crippen LogP contribution in [0.1, 0.15) is 25.5 Å². The zero-order valence-corrected chi connectivity index (χ0v) is 18.1. The van der Waals surface area contributed by atoms with Crippen LogP contribution in [0.5, 0.6) is 0 Å². The maximum absolute atomic E-state index is 13.5. The van der Waals surface area contributed by atoms with Crippen LogP contribution in [-0.4, -0.2) is 74.2 Å². The molecule has 33 heavy (non-hydrogen) atoms.